The van der Waals surface area contributed by atoms with E-state index < -0.39 is 0 Å². The first kappa shape index (κ1) is 11.0. The van der Waals surface area contributed by atoms with Gasteiger partial charge in [0.05, 0.1) is 35.0 Å². The van der Waals surface area contributed by atoms with Gasteiger partial charge in [0.2, 0.25) is 0 Å². The number of rotatable bonds is 2. The molecule has 1 aromatic carbocycles. The second-order valence-corrected chi connectivity index (χ2v) is 4.99. The van der Waals surface area contributed by atoms with Crippen LogP contribution in [0.2, 0.25) is 0 Å². The van der Waals surface area contributed by atoms with Gasteiger partial charge < -0.3 is 14.5 Å². The van der Waals surface area contributed by atoms with Crippen molar-refractivity contribution < 1.29 is 9.47 Å². The summed E-state index contributed by atoms with van der Waals surface area (Å²) in [6.45, 7) is 1.57. The van der Waals surface area contributed by atoms with E-state index >= 15 is 0 Å². The summed E-state index contributed by atoms with van der Waals surface area (Å²) in [6.07, 6.45) is 3.84. The third-order valence-corrected chi connectivity index (χ3v) is 3.56. The van der Waals surface area contributed by atoms with Crippen molar-refractivity contribution in [3.05, 3.63) is 22.9 Å². The largest absolute Gasteiger partial charge is 0.489 e. The van der Waals surface area contributed by atoms with Crippen LogP contribution in [0.5, 0.6) is 5.75 Å². The summed E-state index contributed by atoms with van der Waals surface area (Å²) in [5.41, 5.74) is 1.94. The number of aromatic amines is 1. The third kappa shape index (κ3) is 2.30. The predicted octanol–water partition coefficient (Wildman–Crippen LogP) is 2.88. The van der Waals surface area contributed by atoms with Crippen LogP contribution in [0.4, 0.5) is 0 Å². The topological polar surface area (TPSA) is 47.1 Å². The van der Waals surface area contributed by atoms with Gasteiger partial charge in [0.25, 0.3) is 0 Å². The first-order valence-electron chi connectivity index (χ1n) is 5.70. The van der Waals surface area contributed by atoms with Crippen LogP contribution in [0.1, 0.15) is 12.8 Å². The molecule has 0 atom stereocenters. The molecule has 1 aliphatic rings. The molecule has 2 aromatic rings. The molecule has 0 radical (unpaired) electrons. The lowest BCUT2D eigenvalue weighted by Crippen LogP contribution is -2.25. The Morgan fingerprint density at radius 2 is 2.18 bits per heavy atom. The third-order valence-electron chi connectivity index (χ3n) is 2.94. The summed E-state index contributed by atoms with van der Waals surface area (Å²) in [7, 11) is 0. The Balaban J connectivity index is 1.85. The van der Waals surface area contributed by atoms with Crippen molar-refractivity contribution in [1.82, 2.24) is 9.97 Å². The highest BCUT2D eigenvalue weighted by atomic mass is 79.9. The first-order valence-corrected chi connectivity index (χ1v) is 6.49. The van der Waals surface area contributed by atoms with Crippen LogP contribution in [-0.2, 0) is 4.74 Å². The van der Waals surface area contributed by atoms with Gasteiger partial charge in [0.1, 0.15) is 11.9 Å². The van der Waals surface area contributed by atoms with E-state index in [4.69, 9.17) is 9.47 Å². The maximum atomic E-state index is 5.98. The molecule has 1 N–H and O–H groups in total. The highest BCUT2D eigenvalue weighted by Crippen LogP contribution is 2.30. The highest BCUT2D eigenvalue weighted by Gasteiger charge is 2.17. The van der Waals surface area contributed by atoms with Crippen LogP contribution in [0.25, 0.3) is 11.0 Å². The lowest BCUT2D eigenvalue weighted by Gasteiger charge is -2.23. The molecule has 4 nitrogen and oxygen atoms in total. The average Bonchev–Trinajstić information content (AvgIpc) is 2.78. The van der Waals surface area contributed by atoms with Gasteiger partial charge in [-0.05, 0) is 22.0 Å². The van der Waals surface area contributed by atoms with Gasteiger partial charge in [0.15, 0.2) is 0 Å². The number of fused-ring (bicyclic) bond motifs is 1. The van der Waals surface area contributed by atoms with Crippen molar-refractivity contribution in [2.45, 2.75) is 18.9 Å². The number of hydrogen-bond donors (Lipinski definition) is 1. The molecular formula is C12H13BrN2O2. The minimum absolute atomic E-state index is 0.247. The molecule has 1 fully saturated rings. The van der Waals surface area contributed by atoms with Crippen LogP contribution < -0.4 is 4.74 Å². The normalized spacial score (nSPS) is 17.5. The smallest absolute Gasteiger partial charge is 0.136 e. The van der Waals surface area contributed by atoms with E-state index in [1.165, 1.54) is 0 Å². The van der Waals surface area contributed by atoms with Crippen molar-refractivity contribution in [3.8, 4) is 5.75 Å². The van der Waals surface area contributed by atoms with E-state index in [9.17, 15) is 0 Å². The number of ether oxygens (including phenoxy) is 2. The van der Waals surface area contributed by atoms with Crippen molar-refractivity contribution >= 4 is 27.0 Å². The highest BCUT2D eigenvalue weighted by molar-refractivity contribution is 9.10. The zero-order valence-corrected chi connectivity index (χ0v) is 10.9. The molecule has 0 unspecified atom stereocenters. The summed E-state index contributed by atoms with van der Waals surface area (Å²) in [5, 5.41) is 0. The number of imidazole rings is 1. The molecule has 1 aromatic heterocycles. The monoisotopic (exact) mass is 296 g/mol. The fraction of sp³-hybridized carbons (Fsp3) is 0.417. The fourth-order valence-corrected chi connectivity index (χ4v) is 2.44. The summed E-state index contributed by atoms with van der Waals surface area (Å²) < 4.78 is 12.3. The molecule has 17 heavy (non-hydrogen) atoms. The molecule has 0 aliphatic carbocycles. The van der Waals surface area contributed by atoms with Crippen LogP contribution in [-0.4, -0.2) is 29.3 Å². The van der Waals surface area contributed by atoms with E-state index in [0.29, 0.717) is 0 Å². The summed E-state index contributed by atoms with van der Waals surface area (Å²) in [4.78, 5) is 7.31. The SMILES string of the molecule is Brc1cc2[nH]cnc2cc1OC1CCOCC1. The maximum absolute atomic E-state index is 5.98. The Bertz CT molecular complexity index is 520. The van der Waals surface area contributed by atoms with Crippen molar-refractivity contribution in [3.63, 3.8) is 0 Å². The van der Waals surface area contributed by atoms with Crippen LogP contribution >= 0.6 is 15.9 Å². The van der Waals surface area contributed by atoms with Gasteiger partial charge in [-0.2, -0.15) is 0 Å². The average molecular weight is 297 g/mol. The Kier molecular flexibility index (Phi) is 3.03. The van der Waals surface area contributed by atoms with Gasteiger partial charge in [0, 0.05) is 18.9 Å². The molecule has 0 spiro atoms. The number of aromatic nitrogens is 2. The van der Waals surface area contributed by atoms with E-state index in [-0.39, 0.29) is 6.10 Å². The molecule has 0 amide bonds. The molecule has 1 aliphatic heterocycles. The molecule has 90 valence electrons. The summed E-state index contributed by atoms with van der Waals surface area (Å²) in [5.74, 6) is 0.858. The molecule has 3 rings (SSSR count). The molecule has 0 bridgehead atoms. The standard InChI is InChI=1S/C12H13BrN2O2/c13-9-5-10-11(15-7-14-10)6-12(9)17-8-1-3-16-4-2-8/h5-8H,1-4H2,(H,14,15). The van der Waals surface area contributed by atoms with Crippen LogP contribution in [0, 0.1) is 0 Å². The van der Waals surface area contributed by atoms with Crippen molar-refractivity contribution in [2.75, 3.05) is 13.2 Å². The second-order valence-electron chi connectivity index (χ2n) is 4.13. The number of H-pyrrole nitrogens is 1. The molecule has 0 saturated carbocycles. The van der Waals surface area contributed by atoms with Crippen molar-refractivity contribution in [1.29, 1.82) is 0 Å². The van der Waals surface area contributed by atoms with Gasteiger partial charge in [-0.25, -0.2) is 4.98 Å². The Morgan fingerprint density at radius 1 is 1.35 bits per heavy atom. The molecular weight excluding hydrogens is 284 g/mol. The lowest BCUT2D eigenvalue weighted by atomic mass is 10.1. The Morgan fingerprint density at radius 3 is 3.00 bits per heavy atom. The summed E-state index contributed by atoms with van der Waals surface area (Å²) >= 11 is 3.52. The Labute approximate surface area is 107 Å². The zero-order valence-electron chi connectivity index (χ0n) is 9.28. The quantitative estimate of drug-likeness (QED) is 0.927. The fourth-order valence-electron chi connectivity index (χ4n) is 2.00. The maximum Gasteiger partial charge on any atom is 0.136 e. The summed E-state index contributed by atoms with van der Waals surface area (Å²) in [6, 6.07) is 3.96. The van der Waals surface area contributed by atoms with Crippen molar-refractivity contribution in [2.24, 2.45) is 0 Å². The van der Waals surface area contributed by atoms with E-state index in [0.717, 1.165) is 47.3 Å². The van der Waals surface area contributed by atoms with Gasteiger partial charge in [-0.1, -0.05) is 0 Å². The van der Waals surface area contributed by atoms with Gasteiger partial charge >= 0.3 is 0 Å². The molecule has 2 heterocycles. The van der Waals surface area contributed by atoms with E-state index in [2.05, 4.69) is 25.9 Å². The number of benzene rings is 1. The Hall–Kier alpha value is -1.07. The minimum atomic E-state index is 0.247. The minimum Gasteiger partial charge on any atom is -0.489 e. The number of nitrogens with one attached hydrogen (secondary N) is 1. The van der Waals surface area contributed by atoms with Gasteiger partial charge in [-0.15, -0.1) is 0 Å². The van der Waals surface area contributed by atoms with Gasteiger partial charge in [-0.3, -0.25) is 0 Å². The second kappa shape index (κ2) is 4.66. The number of nitrogens with zero attached hydrogens (tertiary/aromatic N) is 1. The molecule has 1 saturated heterocycles. The number of hydrogen-bond acceptors (Lipinski definition) is 3. The first-order chi connectivity index (χ1) is 8.33. The van der Waals surface area contributed by atoms with E-state index in [1.807, 2.05) is 12.1 Å². The number of halogens is 1. The predicted molar refractivity (Wildman–Crippen MR) is 68.3 cm³/mol. The molecule has 5 heteroatoms. The van der Waals surface area contributed by atoms with E-state index in [1.54, 1.807) is 6.33 Å². The zero-order chi connectivity index (χ0) is 11.7. The lowest BCUT2D eigenvalue weighted by molar-refractivity contribution is 0.0253. The van der Waals surface area contributed by atoms with Crippen LogP contribution in [0.15, 0.2) is 22.9 Å². The van der Waals surface area contributed by atoms with Crippen LogP contribution in [0.3, 0.4) is 0 Å².